The van der Waals surface area contributed by atoms with E-state index >= 15 is 0 Å². The van der Waals surface area contributed by atoms with Gasteiger partial charge in [0.05, 0.1) is 10.7 Å². The molecule has 1 aromatic carbocycles. The Hall–Kier alpha value is -2.04. The summed E-state index contributed by atoms with van der Waals surface area (Å²) in [5.41, 5.74) is -0.417. The van der Waals surface area contributed by atoms with Crippen molar-refractivity contribution in [3.63, 3.8) is 0 Å². The maximum atomic E-state index is 11.9. The second kappa shape index (κ2) is 7.11. The van der Waals surface area contributed by atoms with Crippen molar-refractivity contribution in [1.82, 2.24) is 4.72 Å². The highest BCUT2D eigenvalue weighted by Crippen LogP contribution is 2.19. The van der Waals surface area contributed by atoms with E-state index in [9.17, 15) is 23.3 Å². The Morgan fingerprint density at radius 2 is 2.00 bits per heavy atom. The van der Waals surface area contributed by atoms with Crippen molar-refractivity contribution in [3.8, 4) is 0 Å². The number of sulfonamides is 1. The third-order valence-electron chi connectivity index (χ3n) is 2.57. The summed E-state index contributed by atoms with van der Waals surface area (Å²) in [6.07, 6.45) is -0.300. The van der Waals surface area contributed by atoms with Crippen LogP contribution in [0.3, 0.4) is 0 Å². The molecule has 0 saturated heterocycles. The number of aliphatic hydroxyl groups excluding tert-OH is 1. The summed E-state index contributed by atoms with van der Waals surface area (Å²) in [6.45, 7) is -0.509. The molecule has 9 nitrogen and oxygen atoms in total. The first-order valence-electron chi connectivity index (χ1n) is 5.83. The number of carbonyl (C=O) groups is 1. The number of carboxylic acids is 1. The standard InChI is InChI=1S/C11H14N2O7S/c14-6-5-9(11(15)16)12-21(19,20)7-8-3-1-2-4-10(8)13(17)18/h1-4,9,12,14H,5-7H2,(H,15,16)/t9-/m1/s1. The van der Waals surface area contributed by atoms with E-state index in [1.807, 2.05) is 4.72 Å². The van der Waals surface area contributed by atoms with E-state index in [1.165, 1.54) is 18.2 Å². The molecule has 21 heavy (non-hydrogen) atoms. The predicted molar refractivity (Wildman–Crippen MR) is 72.0 cm³/mol. The number of rotatable bonds is 8. The Morgan fingerprint density at radius 1 is 1.38 bits per heavy atom. The number of benzene rings is 1. The lowest BCUT2D eigenvalue weighted by Crippen LogP contribution is -2.41. The van der Waals surface area contributed by atoms with Crippen molar-refractivity contribution in [3.05, 3.63) is 39.9 Å². The van der Waals surface area contributed by atoms with Gasteiger partial charge < -0.3 is 10.2 Å². The van der Waals surface area contributed by atoms with Gasteiger partial charge in [0.1, 0.15) is 6.04 Å². The van der Waals surface area contributed by atoms with Gasteiger partial charge in [-0.2, -0.15) is 0 Å². The van der Waals surface area contributed by atoms with E-state index < -0.39 is 39.3 Å². The Labute approximate surface area is 120 Å². The fraction of sp³-hybridized carbons (Fsp3) is 0.364. The molecule has 0 aliphatic carbocycles. The summed E-state index contributed by atoms with van der Waals surface area (Å²) in [6, 6.07) is 3.79. The van der Waals surface area contributed by atoms with Gasteiger partial charge in [-0.3, -0.25) is 14.9 Å². The summed E-state index contributed by atoms with van der Waals surface area (Å²) >= 11 is 0. The SMILES string of the molecule is O=C(O)[C@@H](CCO)NS(=O)(=O)Cc1ccccc1[N+](=O)[O-]. The van der Waals surface area contributed by atoms with Crippen molar-refractivity contribution >= 4 is 21.7 Å². The molecule has 0 unspecified atom stereocenters. The maximum absolute atomic E-state index is 11.9. The molecule has 1 rings (SSSR count). The molecule has 0 heterocycles. The molecule has 0 fully saturated rings. The lowest BCUT2D eigenvalue weighted by Gasteiger charge is -2.13. The summed E-state index contributed by atoms with van der Waals surface area (Å²) in [5.74, 6) is -2.16. The molecule has 0 radical (unpaired) electrons. The van der Waals surface area contributed by atoms with E-state index in [1.54, 1.807) is 0 Å². The van der Waals surface area contributed by atoms with Gasteiger partial charge >= 0.3 is 5.97 Å². The minimum Gasteiger partial charge on any atom is -0.480 e. The Bertz CT molecular complexity index is 629. The molecular formula is C11H14N2O7S. The molecule has 10 heteroatoms. The third kappa shape index (κ3) is 5.10. The zero-order chi connectivity index (χ0) is 16.0. The van der Waals surface area contributed by atoms with Gasteiger partial charge in [0.15, 0.2) is 0 Å². The highest BCUT2D eigenvalue weighted by atomic mass is 32.2. The molecule has 0 bridgehead atoms. The zero-order valence-corrected chi connectivity index (χ0v) is 11.6. The molecule has 3 N–H and O–H groups in total. The van der Waals surface area contributed by atoms with E-state index in [0.717, 1.165) is 6.07 Å². The average Bonchev–Trinajstić information content (AvgIpc) is 2.37. The summed E-state index contributed by atoms with van der Waals surface area (Å²) in [7, 11) is -4.10. The number of aliphatic hydroxyl groups is 1. The van der Waals surface area contributed by atoms with Crippen LogP contribution in [0, 0.1) is 10.1 Å². The minimum atomic E-state index is -4.10. The second-order valence-electron chi connectivity index (χ2n) is 4.17. The molecule has 0 aromatic heterocycles. The number of nitrogens with zero attached hydrogens (tertiary/aromatic N) is 1. The van der Waals surface area contributed by atoms with Crippen LogP contribution in [0.4, 0.5) is 5.69 Å². The van der Waals surface area contributed by atoms with Crippen LogP contribution in [-0.2, 0) is 20.6 Å². The van der Waals surface area contributed by atoms with Crippen molar-refractivity contribution in [2.24, 2.45) is 0 Å². The molecule has 0 amide bonds. The maximum Gasteiger partial charge on any atom is 0.321 e. The first-order chi connectivity index (χ1) is 9.76. The lowest BCUT2D eigenvalue weighted by molar-refractivity contribution is -0.385. The van der Waals surface area contributed by atoms with Gasteiger partial charge in [0, 0.05) is 18.2 Å². The topological polar surface area (TPSA) is 147 Å². The van der Waals surface area contributed by atoms with Crippen LogP contribution in [0.2, 0.25) is 0 Å². The van der Waals surface area contributed by atoms with Crippen LogP contribution >= 0.6 is 0 Å². The number of nitrogens with one attached hydrogen (secondary N) is 1. The predicted octanol–water partition coefficient (Wildman–Crippen LogP) is -0.150. The molecule has 1 atom stereocenters. The third-order valence-corrected chi connectivity index (χ3v) is 3.91. The monoisotopic (exact) mass is 318 g/mol. The van der Waals surface area contributed by atoms with Gasteiger partial charge in [0.25, 0.3) is 5.69 Å². The Kier molecular flexibility index (Phi) is 5.76. The normalized spacial score (nSPS) is 12.8. The first-order valence-corrected chi connectivity index (χ1v) is 7.48. The summed E-state index contributed by atoms with van der Waals surface area (Å²) in [4.78, 5) is 20.9. The molecule has 116 valence electrons. The lowest BCUT2D eigenvalue weighted by atomic mass is 10.2. The molecule has 0 aliphatic rings. The fourth-order valence-electron chi connectivity index (χ4n) is 1.64. The van der Waals surface area contributed by atoms with Crippen molar-refractivity contribution < 1.29 is 28.3 Å². The van der Waals surface area contributed by atoms with Crippen molar-refractivity contribution in [2.75, 3.05) is 6.61 Å². The van der Waals surface area contributed by atoms with Crippen LogP contribution in [0.15, 0.2) is 24.3 Å². The summed E-state index contributed by atoms with van der Waals surface area (Å²) in [5, 5.41) is 28.3. The molecule has 0 spiro atoms. The quantitative estimate of drug-likeness (QED) is 0.446. The second-order valence-corrected chi connectivity index (χ2v) is 5.92. The number of carboxylic acid groups (broad SMARTS) is 1. The van der Waals surface area contributed by atoms with Crippen LogP contribution in [0.5, 0.6) is 0 Å². The van der Waals surface area contributed by atoms with E-state index in [2.05, 4.69) is 0 Å². The molecule has 0 saturated carbocycles. The Balaban J connectivity index is 2.95. The van der Waals surface area contributed by atoms with Crippen molar-refractivity contribution in [1.29, 1.82) is 0 Å². The average molecular weight is 318 g/mol. The molecular weight excluding hydrogens is 304 g/mol. The van der Waals surface area contributed by atoms with Crippen LogP contribution < -0.4 is 4.72 Å². The molecule has 0 aliphatic heterocycles. The summed E-state index contributed by atoms with van der Waals surface area (Å²) < 4.78 is 25.7. The van der Waals surface area contributed by atoms with Gasteiger partial charge in [-0.25, -0.2) is 13.1 Å². The van der Waals surface area contributed by atoms with E-state index in [-0.39, 0.29) is 17.7 Å². The van der Waals surface area contributed by atoms with Gasteiger partial charge in [-0.05, 0) is 6.42 Å². The highest BCUT2D eigenvalue weighted by Gasteiger charge is 2.26. The first kappa shape index (κ1) is 17.0. The largest absolute Gasteiger partial charge is 0.480 e. The minimum absolute atomic E-state index is 0.0527. The smallest absolute Gasteiger partial charge is 0.321 e. The van der Waals surface area contributed by atoms with Gasteiger partial charge in [0.2, 0.25) is 10.0 Å². The van der Waals surface area contributed by atoms with Crippen LogP contribution in [0.25, 0.3) is 0 Å². The zero-order valence-electron chi connectivity index (χ0n) is 10.8. The van der Waals surface area contributed by atoms with Crippen LogP contribution in [-0.4, -0.2) is 42.2 Å². The highest BCUT2D eigenvalue weighted by molar-refractivity contribution is 7.88. The Morgan fingerprint density at radius 3 is 2.52 bits per heavy atom. The number of para-hydroxylation sites is 1. The van der Waals surface area contributed by atoms with Crippen LogP contribution in [0.1, 0.15) is 12.0 Å². The number of nitro groups is 1. The number of nitro benzene ring substituents is 1. The van der Waals surface area contributed by atoms with E-state index in [4.69, 9.17) is 10.2 Å². The van der Waals surface area contributed by atoms with Gasteiger partial charge in [-0.1, -0.05) is 18.2 Å². The van der Waals surface area contributed by atoms with Crippen molar-refractivity contribution in [2.45, 2.75) is 18.2 Å². The number of aliphatic carboxylic acids is 1. The molecule has 1 aromatic rings. The van der Waals surface area contributed by atoms with Gasteiger partial charge in [-0.15, -0.1) is 0 Å². The number of hydrogen-bond donors (Lipinski definition) is 3. The number of hydrogen-bond acceptors (Lipinski definition) is 6. The fourth-order valence-corrected chi connectivity index (χ4v) is 3.03. The van der Waals surface area contributed by atoms with E-state index in [0.29, 0.717) is 0 Å².